The summed E-state index contributed by atoms with van der Waals surface area (Å²) in [5.74, 6) is 0.599. The molecule has 1 aromatic rings. The molecule has 0 aromatic carbocycles. The number of aryl methyl sites for hydroxylation is 2. The van der Waals surface area contributed by atoms with E-state index in [0.717, 1.165) is 36.0 Å². The van der Waals surface area contributed by atoms with E-state index >= 15 is 0 Å². The minimum Gasteiger partial charge on any atom is -0.327 e. The first-order chi connectivity index (χ1) is 8.04. The van der Waals surface area contributed by atoms with Crippen molar-refractivity contribution in [3.05, 3.63) is 15.9 Å². The van der Waals surface area contributed by atoms with E-state index in [0.29, 0.717) is 5.92 Å². The molecule has 0 aliphatic heterocycles. The van der Waals surface area contributed by atoms with Gasteiger partial charge in [0.1, 0.15) is 0 Å². The fourth-order valence-electron chi connectivity index (χ4n) is 2.35. The Morgan fingerprint density at radius 3 is 2.35 bits per heavy atom. The van der Waals surface area contributed by atoms with Crippen LogP contribution < -0.4 is 5.73 Å². The molecule has 1 aromatic heterocycles. The third-order valence-electron chi connectivity index (χ3n) is 3.54. The van der Waals surface area contributed by atoms with Crippen LogP contribution in [-0.2, 0) is 13.0 Å². The minimum atomic E-state index is 0.225. The Hall–Kier alpha value is -0.350. The Kier molecular flexibility index (Phi) is 5.67. The molecule has 0 saturated heterocycles. The number of halogens is 1. The number of hydrogen-bond donors (Lipinski definition) is 1. The topological polar surface area (TPSA) is 43.8 Å². The summed E-state index contributed by atoms with van der Waals surface area (Å²) in [5.41, 5.74) is 8.61. The summed E-state index contributed by atoms with van der Waals surface area (Å²) < 4.78 is 3.18. The maximum atomic E-state index is 6.31. The van der Waals surface area contributed by atoms with E-state index in [9.17, 15) is 0 Å². The van der Waals surface area contributed by atoms with Crippen molar-refractivity contribution in [2.24, 2.45) is 11.7 Å². The molecule has 0 saturated carbocycles. The van der Waals surface area contributed by atoms with E-state index in [-0.39, 0.29) is 6.04 Å². The summed E-state index contributed by atoms with van der Waals surface area (Å²) in [4.78, 5) is 0. The lowest BCUT2D eigenvalue weighted by atomic mass is 9.91. The Balaban J connectivity index is 2.86. The summed E-state index contributed by atoms with van der Waals surface area (Å²) in [7, 11) is 0. The van der Waals surface area contributed by atoms with Gasteiger partial charge in [-0.05, 0) is 35.7 Å². The van der Waals surface area contributed by atoms with Gasteiger partial charge < -0.3 is 5.73 Å². The van der Waals surface area contributed by atoms with Crippen molar-refractivity contribution < 1.29 is 0 Å². The molecule has 1 rings (SSSR count). The number of rotatable bonds is 6. The lowest BCUT2D eigenvalue weighted by Gasteiger charge is -2.21. The van der Waals surface area contributed by atoms with Crippen LogP contribution in [0.2, 0.25) is 0 Å². The van der Waals surface area contributed by atoms with Crippen LogP contribution in [-0.4, -0.2) is 15.8 Å². The molecule has 0 aliphatic rings. The molecule has 0 fully saturated rings. The Bertz CT molecular complexity index is 356. The van der Waals surface area contributed by atoms with Gasteiger partial charge in [0.15, 0.2) is 0 Å². The van der Waals surface area contributed by atoms with Gasteiger partial charge in [-0.25, -0.2) is 0 Å². The number of hydrogen-bond acceptors (Lipinski definition) is 2. The van der Waals surface area contributed by atoms with Crippen LogP contribution in [0.4, 0.5) is 0 Å². The Morgan fingerprint density at radius 2 is 1.88 bits per heavy atom. The molecule has 4 heteroatoms. The lowest BCUT2D eigenvalue weighted by molar-refractivity contribution is 0.385. The normalized spacial score (nSPS) is 13.4. The molecular formula is C13H24BrN3. The van der Waals surface area contributed by atoms with Gasteiger partial charge in [0.25, 0.3) is 0 Å². The van der Waals surface area contributed by atoms with Crippen LogP contribution in [0.5, 0.6) is 0 Å². The molecule has 2 N–H and O–H groups in total. The van der Waals surface area contributed by atoms with Crippen molar-refractivity contribution >= 4 is 15.9 Å². The summed E-state index contributed by atoms with van der Waals surface area (Å²) in [6, 6.07) is 0.225. The average Bonchev–Trinajstić information content (AvgIpc) is 2.58. The second kappa shape index (κ2) is 6.55. The molecule has 0 aliphatic carbocycles. The van der Waals surface area contributed by atoms with E-state index < -0.39 is 0 Å². The van der Waals surface area contributed by atoms with Gasteiger partial charge in [-0.1, -0.05) is 26.7 Å². The molecule has 0 spiro atoms. The van der Waals surface area contributed by atoms with Gasteiger partial charge in [-0.3, -0.25) is 4.68 Å². The summed E-state index contributed by atoms with van der Waals surface area (Å²) in [5, 5.41) is 4.51. The van der Waals surface area contributed by atoms with Gasteiger partial charge in [0, 0.05) is 19.0 Å². The van der Waals surface area contributed by atoms with Gasteiger partial charge >= 0.3 is 0 Å². The van der Waals surface area contributed by atoms with E-state index in [1.807, 2.05) is 6.92 Å². The molecule has 1 atom stereocenters. The zero-order chi connectivity index (χ0) is 13.0. The van der Waals surface area contributed by atoms with Gasteiger partial charge in [-0.2, -0.15) is 5.10 Å². The number of nitrogens with two attached hydrogens (primary N) is 1. The predicted octanol–water partition coefficient (Wildman–Crippen LogP) is 3.28. The quantitative estimate of drug-likeness (QED) is 0.876. The average molecular weight is 302 g/mol. The first kappa shape index (κ1) is 14.7. The van der Waals surface area contributed by atoms with Crippen LogP contribution in [0.15, 0.2) is 4.47 Å². The largest absolute Gasteiger partial charge is 0.327 e. The maximum absolute atomic E-state index is 6.31. The third kappa shape index (κ3) is 3.32. The van der Waals surface area contributed by atoms with Crippen molar-refractivity contribution in [3.63, 3.8) is 0 Å². The van der Waals surface area contributed by atoms with Crippen LogP contribution in [0, 0.1) is 12.8 Å². The molecule has 17 heavy (non-hydrogen) atoms. The van der Waals surface area contributed by atoms with Gasteiger partial charge in [-0.15, -0.1) is 0 Å². The van der Waals surface area contributed by atoms with Crippen molar-refractivity contribution in [2.45, 2.75) is 59.5 Å². The van der Waals surface area contributed by atoms with Crippen LogP contribution in [0.25, 0.3) is 0 Å². The van der Waals surface area contributed by atoms with Crippen molar-refractivity contribution in [2.75, 3.05) is 0 Å². The lowest BCUT2D eigenvalue weighted by Crippen LogP contribution is -2.32. The smallest absolute Gasteiger partial charge is 0.0738 e. The fraction of sp³-hybridized carbons (Fsp3) is 0.769. The van der Waals surface area contributed by atoms with Crippen molar-refractivity contribution in [1.29, 1.82) is 0 Å². The van der Waals surface area contributed by atoms with E-state index in [1.165, 1.54) is 5.69 Å². The molecule has 0 radical (unpaired) electrons. The first-order valence-electron chi connectivity index (χ1n) is 6.52. The van der Waals surface area contributed by atoms with Crippen LogP contribution in [0.1, 0.15) is 45.0 Å². The second-order valence-electron chi connectivity index (χ2n) is 4.61. The molecule has 3 nitrogen and oxygen atoms in total. The highest BCUT2D eigenvalue weighted by atomic mass is 79.9. The first-order valence-corrected chi connectivity index (χ1v) is 7.31. The maximum Gasteiger partial charge on any atom is 0.0738 e. The number of nitrogens with zero attached hydrogens (tertiary/aromatic N) is 2. The Labute approximate surface area is 113 Å². The molecular weight excluding hydrogens is 278 g/mol. The fourth-order valence-corrected chi connectivity index (χ4v) is 2.79. The molecule has 98 valence electrons. The zero-order valence-corrected chi connectivity index (χ0v) is 12.9. The highest BCUT2D eigenvalue weighted by Gasteiger charge is 2.19. The van der Waals surface area contributed by atoms with Crippen LogP contribution >= 0.6 is 15.9 Å². The summed E-state index contributed by atoms with van der Waals surface area (Å²) in [6.45, 7) is 9.47. The minimum absolute atomic E-state index is 0.225. The predicted molar refractivity (Wildman–Crippen MR) is 76.1 cm³/mol. The molecule has 1 heterocycles. The van der Waals surface area contributed by atoms with Crippen LogP contribution in [0.3, 0.4) is 0 Å². The SMILES string of the molecule is CCC(CC)C(N)Cc1c(Br)c(C)nn1CC. The monoisotopic (exact) mass is 301 g/mol. The number of aromatic nitrogens is 2. The highest BCUT2D eigenvalue weighted by molar-refractivity contribution is 9.10. The molecule has 0 amide bonds. The van der Waals surface area contributed by atoms with E-state index in [1.54, 1.807) is 0 Å². The van der Waals surface area contributed by atoms with E-state index in [4.69, 9.17) is 5.73 Å². The molecule has 0 bridgehead atoms. The van der Waals surface area contributed by atoms with Crippen molar-refractivity contribution in [3.8, 4) is 0 Å². The van der Waals surface area contributed by atoms with Gasteiger partial charge in [0.05, 0.1) is 15.9 Å². The van der Waals surface area contributed by atoms with Gasteiger partial charge in [0.2, 0.25) is 0 Å². The highest BCUT2D eigenvalue weighted by Crippen LogP contribution is 2.24. The third-order valence-corrected chi connectivity index (χ3v) is 4.57. The Morgan fingerprint density at radius 1 is 1.29 bits per heavy atom. The van der Waals surface area contributed by atoms with E-state index in [2.05, 4.69) is 46.5 Å². The second-order valence-corrected chi connectivity index (χ2v) is 5.40. The molecule has 1 unspecified atom stereocenters. The zero-order valence-electron chi connectivity index (χ0n) is 11.3. The van der Waals surface area contributed by atoms with Crippen molar-refractivity contribution in [1.82, 2.24) is 9.78 Å². The summed E-state index contributed by atoms with van der Waals surface area (Å²) in [6.07, 6.45) is 3.20. The standard InChI is InChI=1S/C13H24BrN3/c1-5-10(6-2)11(15)8-12-13(14)9(4)16-17(12)7-3/h10-11H,5-8,15H2,1-4H3. The summed E-state index contributed by atoms with van der Waals surface area (Å²) >= 11 is 3.62.